The minimum Gasteiger partial charge on any atom is -0.504 e. The van der Waals surface area contributed by atoms with Gasteiger partial charge in [-0.15, -0.1) is 0 Å². The van der Waals surface area contributed by atoms with Gasteiger partial charge >= 0.3 is 5.88 Å². The number of phenols is 1. The molecule has 1 saturated carbocycles. The smallest absolute Gasteiger partial charge is 0.433 e. The van der Waals surface area contributed by atoms with Gasteiger partial charge in [0.2, 0.25) is 0 Å². The average molecular weight is 461 g/mol. The first-order valence-corrected chi connectivity index (χ1v) is 11.2. The van der Waals surface area contributed by atoms with E-state index in [9.17, 15) is 15.2 Å². The minimum atomic E-state index is -0.535. The third-order valence-corrected chi connectivity index (χ3v) is 6.87. The quantitative estimate of drug-likeness (QED) is 0.418. The van der Waals surface area contributed by atoms with Crippen LogP contribution in [-0.4, -0.2) is 34.0 Å². The molecule has 3 heterocycles. The van der Waals surface area contributed by atoms with Gasteiger partial charge in [-0.2, -0.15) is 0 Å². The maximum absolute atomic E-state index is 11.2. The van der Waals surface area contributed by atoms with Crippen LogP contribution in [0.5, 0.6) is 11.5 Å². The molecule has 1 N–H and O–H groups in total. The third kappa shape index (κ3) is 3.31. The lowest BCUT2D eigenvalue weighted by Crippen LogP contribution is -2.47. The summed E-state index contributed by atoms with van der Waals surface area (Å²) in [4.78, 5) is 18.9. The fraction of sp³-hybridized carbons (Fsp3) is 0.320. The minimum absolute atomic E-state index is 0.0276. The molecule has 174 valence electrons. The number of methoxy groups -OCH3 is 1. The molecule has 1 aromatic heterocycles. The first kappa shape index (κ1) is 20.7. The van der Waals surface area contributed by atoms with Gasteiger partial charge in [0.05, 0.1) is 31.4 Å². The summed E-state index contributed by atoms with van der Waals surface area (Å²) in [6.07, 6.45) is 1.68. The van der Waals surface area contributed by atoms with Crippen molar-refractivity contribution in [3.63, 3.8) is 0 Å². The second kappa shape index (κ2) is 7.88. The van der Waals surface area contributed by atoms with Gasteiger partial charge in [-0.25, -0.2) is 0 Å². The van der Waals surface area contributed by atoms with Gasteiger partial charge < -0.3 is 19.1 Å². The number of rotatable bonds is 6. The van der Waals surface area contributed by atoms with Crippen LogP contribution in [0.15, 0.2) is 64.2 Å². The Kier molecular flexibility index (Phi) is 4.80. The van der Waals surface area contributed by atoms with Crippen molar-refractivity contribution in [2.24, 2.45) is 11.1 Å². The van der Waals surface area contributed by atoms with Gasteiger partial charge in [0, 0.05) is 11.6 Å². The van der Waals surface area contributed by atoms with Crippen molar-refractivity contribution in [2.45, 2.75) is 37.6 Å². The van der Waals surface area contributed by atoms with Crippen molar-refractivity contribution in [3.8, 4) is 11.5 Å². The largest absolute Gasteiger partial charge is 0.504 e. The number of nitro groups is 1. The highest BCUT2D eigenvalue weighted by atomic mass is 16.7. The summed E-state index contributed by atoms with van der Waals surface area (Å²) >= 11 is 0. The number of fused-ring (bicyclic) bond motifs is 3. The fourth-order valence-electron chi connectivity index (χ4n) is 5.24. The second-order valence-electron chi connectivity index (χ2n) is 8.92. The lowest BCUT2D eigenvalue weighted by Gasteiger charge is -2.43. The molecule has 1 fully saturated rings. The summed E-state index contributed by atoms with van der Waals surface area (Å²) in [5.74, 6) is 0.823. The van der Waals surface area contributed by atoms with Crippen LogP contribution in [0.3, 0.4) is 0 Å². The first-order chi connectivity index (χ1) is 16.5. The summed E-state index contributed by atoms with van der Waals surface area (Å²) in [5, 5.41) is 26.3. The molecule has 6 rings (SSSR count). The molecule has 3 aromatic rings. The molecule has 34 heavy (non-hydrogen) atoms. The number of nitrogens with zero attached hydrogens (tertiary/aromatic N) is 3. The van der Waals surface area contributed by atoms with Crippen molar-refractivity contribution in [1.29, 1.82) is 0 Å². The SMILES string of the molecule is COc1cc2c(cc1O)[C@H]1C(c3ccccc3)=NO[C@H]1N(Cc1ccc([N+](=O)[O-])o1)[C@@H]2C1CC1. The monoisotopic (exact) mass is 461 g/mol. The topological polar surface area (TPSA) is 111 Å². The highest BCUT2D eigenvalue weighted by molar-refractivity contribution is 6.06. The van der Waals surface area contributed by atoms with Crippen molar-refractivity contribution in [1.82, 2.24) is 4.90 Å². The summed E-state index contributed by atoms with van der Waals surface area (Å²) in [5.41, 5.74) is 3.73. The zero-order chi connectivity index (χ0) is 23.4. The van der Waals surface area contributed by atoms with Crippen LogP contribution in [0.25, 0.3) is 0 Å². The number of benzene rings is 2. The van der Waals surface area contributed by atoms with Gasteiger partial charge in [-0.3, -0.25) is 15.0 Å². The number of phenolic OH excluding ortho intramolecular Hbond substituents is 1. The van der Waals surface area contributed by atoms with E-state index in [0.29, 0.717) is 24.0 Å². The van der Waals surface area contributed by atoms with E-state index in [-0.39, 0.29) is 23.6 Å². The number of hydrogen-bond donors (Lipinski definition) is 1. The Morgan fingerprint density at radius 3 is 2.65 bits per heavy atom. The molecular formula is C25H23N3O6. The van der Waals surface area contributed by atoms with E-state index in [4.69, 9.17) is 14.0 Å². The predicted octanol–water partition coefficient (Wildman–Crippen LogP) is 4.71. The molecule has 0 spiro atoms. The maximum atomic E-state index is 11.2. The average Bonchev–Trinajstić information content (AvgIpc) is 3.38. The van der Waals surface area contributed by atoms with Crippen LogP contribution in [0.4, 0.5) is 5.88 Å². The molecule has 2 aromatic carbocycles. The zero-order valence-corrected chi connectivity index (χ0v) is 18.5. The van der Waals surface area contributed by atoms with Gasteiger partial charge in [0.25, 0.3) is 0 Å². The molecule has 2 aliphatic heterocycles. The molecule has 3 aliphatic rings. The molecule has 0 amide bonds. The normalized spacial score (nSPS) is 23.6. The molecule has 0 unspecified atom stereocenters. The molecule has 1 aliphatic carbocycles. The maximum Gasteiger partial charge on any atom is 0.433 e. The molecule has 9 nitrogen and oxygen atoms in total. The number of hydrogen-bond acceptors (Lipinski definition) is 8. The zero-order valence-electron chi connectivity index (χ0n) is 18.5. The Balaban J connectivity index is 1.48. The van der Waals surface area contributed by atoms with E-state index in [1.54, 1.807) is 12.1 Å². The van der Waals surface area contributed by atoms with E-state index < -0.39 is 11.2 Å². The van der Waals surface area contributed by atoms with E-state index >= 15 is 0 Å². The van der Waals surface area contributed by atoms with Crippen LogP contribution in [-0.2, 0) is 11.4 Å². The van der Waals surface area contributed by atoms with Crippen molar-refractivity contribution in [2.75, 3.05) is 7.11 Å². The highest BCUT2D eigenvalue weighted by Gasteiger charge is 2.52. The van der Waals surface area contributed by atoms with Crippen molar-refractivity contribution < 1.29 is 24.0 Å². The second-order valence-corrected chi connectivity index (χ2v) is 8.92. The van der Waals surface area contributed by atoms with E-state index in [1.165, 1.54) is 13.2 Å². The van der Waals surface area contributed by atoms with E-state index in [2.05, 4.69) is 10.1 Å². The molecule has 0 radical (unpaired) electrons. The summed E-state index contributed by atoms with van der Waals surface area (Å²) in [6.45, 7) is 0.330. The van der Waals surface area contributed by atoms with Crippen LogP contribution >= 0.6 is 0 Å². The third-order valence-electron chi connectivity index (χ3n) is 6.87. The van der Waals surface area contributed by atoms with E-state index in [0.717, 1.165) is 35.2 Å². The Bertz CT molecular complexity index is 1280. The molecule has 9 heteroatoms. The number of aromatic hydroxyl groups is 1. The Morgan fingerprint density at radius 2 is 1.97 bits per heavy atom. The molecule has 0 bridgehead atoms. The number of oxime groups is 1. The first-order valence-electron chi connectivity index (χ1n) is 11.2. The van der Waals surface area contributed by atoms with Gasteiger partial charge in [0.1, 0.15) is 10.7 Å². The summed E-state index contributed by atoms with van der Waals surface area (Å²) in [6, 6.07) is 16.5. The fourth-order valence-corrected chi connectivity index (χ4v) is 5.24. The summed E-state index contributed by atoms with van der Waals surface area (Å²) in [7, 11) is 1.54. The molecule has 0 saturated heterocycles. The van der Waals surface area contributed by atoms with Crippen molar-refractivity contribution in [3.05, 3.63) is 87.2 Å². The molecule has 3 atom stereocenters. The number of furan rings is 1. The Hall–Kier alpha value is -3.85. The van der Waals surface area contributed by atoms with Gasteiger partial charge in [-0.05, 0) is 48.1 Å². The predicted molar refractivity (Wildman–Crippen MR) is 122 cm³/mol. The van der Waals surface area contributed by atoms with Gasteiger partial charge in [0.15, 0.2) is 17.7 Å². The van der Waals surface area contributed by atoms with Gasteiger partial charge in [-0.1, -0.05) is 35.5 Å². The molecular weight excluding hydrogens is 438 g/mol. The van der Waals surface area contributed by atoms with Crippen LogP contribution in [0.1, 0.15) is 47.3 Å². The standard InChI is InChI=1S/C25H23N3O6/c1-32-20-12-18-17(11-19(20)29)22-23(14-5-3-2-4-6-14)26-34-25(22)27(24(18)15-7-8-15)13-16-9-10-21(33-16)28(30)31/h2-6,9-12,15,22,24-25,29H,7-8,13H2,1H3/t22-,24+,25+/m0/s1. The van der Waals surface area contributed by atoms with Crippen LogP contribution < -0.4 is 4.74 Å². The Morgan fingerprint density at radius 1 is 1.18 bits per heavy atom. The lowest BCUT2D eigenvalue weighted by molar-refractivity contribution is -0.402. The Labute approximate surface area is 195 Å². The summed E-state index contributed by atoms with van der Waals surface area (Å²) < 4.78 is 11.0. The highest BCUT2D eigenvalue weighted by Crippen LogP contribution is 2.55. The van der Waals surface area contributed by atoms with E-state index in [1.807, 2.05) is 36.4 Å². The lowest BCUT2D eigenvalue weighted by atomic mass is 9.78. The van der Waals surface area contributed by atoms with Crippen LogP contribution in [0, 0.1) is 16.0 Å². The van der Waals surface area contributed by atoms with Crippen LogP contribution in [0.2, 0.25) is 0 Å². The van der Waals surface area contributed by atoms with Crippen molar-refractivity contribution >= 4 is 11.6 Å². The number of ether oxygens (including phenoxy) is 1.